The fraction of sp³-hybridized carbons (Fsp3) is 0.933. The minimum absolute atomic E-state index is 0.362. The average molecular weight is 317 g/mol. The van der Waals surface area contributed by atoms with Crippen LogP contribution in [-0.4, -0.2) is 43.1 Å². The summed E-state index contributed by atoms with van der Waals surface area (Å²) in [6.07, 6.45) is 4.43. The van der Waals surface area contributed by atoms with E-state index in [4.69, 9.17) is 21.4 Å². The summed E-state index contributed by atoms with van der Waals surface area (Å²) in [5.74, 6) is 0. The molecule has 0 bridgehead atoms. The number of hydrogen-bond donors (Lipinski definition) is 1. The van der Waals surface area contributed by atoms with Crippen molar-refractivity contribution in [2.45, 2.75) is 65.5 Å². The normalized spacial score (nSPS) is 13.1. The molecule has 0 saturated carbocycles. The molecule has 1 unspecified atom stereocenters. The highest BCUT2D eigenvalue weighted by molar-refractivity contribution is 7.44. The van der Waals surface area contributed by atoms with Crippen LogP contribution in [0.15, 0.2) is 0 Å². The number of unbranched alkanes of at least 4 members (excludes halogenated alkanes) is 3. The minimum atomic E-state index is -1.07. The Hall–Kier alpha value is -0.240. The Morgan fingerprint density at radius 3 is 2.10 bits per heavy atom. The van der Waals surface area contributed by atoms with Crippen LogP contribution < -0.4 is 5.73 Å². The molecule has 21 heavy (non-hydrogen) atoms. The third kappa shape index (κ3) is 10.2. The Morgan fingerprint density at radius 1 is 1.00 bits per heavy atom. The van der Waals surface area contributed by atoms with E-state index in [1.165, 1.54) is 0 Å². The largest absolute Gasteiger partial charge is 0.330 e. The van der Waals surface area contributed by atoms with Gasteiger partial charge in [-0.15, -0.1) is 0 Å². The molecule has 0 aromatic heterocycles. The number of nitrogens with zero attached hydrogens (tertiary/aromatic N) is 2. The molecule has 6 heteroatoms. The van der Waals surface area contributed by atoms with Crippen molar-refractivity contribution in [1.29, 1.82) is 0 Å². The first-order chi connectivity index (χ1) is 10.0. The maximum atomic E-state index is 6.84. The summed E-state index contributed by atoms with van der Waals surface area (Å²) < 4.78 is 14.1. The lowest BCUT2D eigenvalue weighted by atomic mass is 10.2. The first-order valence-electron chi connectivity index (χ1n) is 7.92. The van der Waals surface area contributed by atoms with E-state index in [1.54, 1.807) is 0 Å². The molecule has 1 atom stereocenters. The molecule has 0 aliphatic heterocycles. The molecule has 0 rings (SSSR count). The van der Waals surface area contributed by atoms with Gasteiger partial charge >= 0.3 is 0 Å². The molecule has 0 heterocycles. The number of rotatable bonds is 13. The zero-order valence-electron chi connectivity index (χ0n) is 14.0. The van der Waals surface area contributed by atoms with Crippen LogP contribution in [0.2, 0.25) is 0 Å². The van der Waals surface area contributed by atoms with Crippen LogP contribution in [0.4, 0.5) is 0 Å². The van der Waals surface area contributed by atoms with E-state index in [9.17, 15) is 0 Å². The predicted octanol–water partition coefficient (Wildman–Crippen LogP) is 3.80. The van der Waals surface area contributed by atoms with Crippen molar-refractivity contribution < 1.29 is 9.05 Å². The second-order valence-corrected chi connectivity index (χ2v) is 7.01. The van der Waals surface area contributed by atoms with Crippen LogP contribution in [0.25, 0.3) is 4.85 Å². The lowest BCUT2D eigenvalue weighted by Gasteiger charge is -2.35. The monoisotopic (exact) mass is 317 g/mol. The lowest BCUT2D eigenvalue weighted by Crippen LogP contribution is -2.33. The molecule has 2 N–H and O–H groups in total. The van der Waals surface area contributed by atoms with Crippen molar-refractivity contribution in [3.63, 3.8) is 0 Å². The Balaban J connectivity index is 4.27. The SMILES string of the molecule is [C-]#[N+]CCOP(OCCCCCCN)N(C(C)C)C(C)C. The highest BCUT2D eigenvalue weighted by Crippen LogP contribution is 2.45. The topological polar surface area (TPSA) is 52.1 Å². The van der Waals surface area contributed by atoms with Gasteiger partial charge in [0.15, 0.2) is 0 Å². The van der Waals surface area contributed by atoms with Gasteiger partial charge < -0.3 is 19.6 Å². The minimum Gasteiger partial charge on any atom is -0.330 e. The maximum Gasteiger partial charge on any atom is 0.259 e. The molecule has 0 aliphatic rings. The third-order valence-electron chi connectivity index (χ3n) is 2.95. The third-order valence-corrected chi connectivity index (χ3v) is 5.06. The summed E-state index contributed by atoms with van der Waals surface area (Å²) in [6.45, 7) is 17.8. The van der Waals surface area contributed by atoms with Gasteiger partial charge in [-0.05, 0) is 47.1 Å². The molecule has 0 saturated heterocycles. The summed E-state index contributed by atoms with van der Waals surface area (Å²) in [5.41, 5.74) is 5.49. The van der Waals surface area contributed by atoms with E-state index >= 15 is 0 Å². The highest BCUT2D eigenvalue weighted by Gasteiger charge is 2.27. The predicted molar refractivity (Wildman–Crippen MR) is 89.9 cm³/mol. The van der Waals surface area contributed by atoms with E-state index in [1.807, 2.05) is 0 Å². The summed E-state index contributed by atoms with van der Waals surface area (Å²) in [7, 11) is -1.07. The Kier molecular flexibility index (Phi) is 13.3. The van der Waals surface area contributed by atoms with Gasteiger partial charge in [-0.3, -0.25) is 0 Å². The fourth-order valence-corrected chi connectivity index (χ4v) is 3.67. The highest BCUT2D eigenvalue weighted by atomic mass is 31.2. The molecular weight excluding hydrogens is 285 g/mol. The second-order valence-electron chi connectivity index (χ2n) is 5.56. The van der Waals surface area contributed by atoms with Crippen LogP contribution in [0.5, 0.6) is 0 Å². The smallest absolute Gasteiger partial charge is 0.259 e. The van der Waals surface area contributed by atoms with Gasteiger partial charge in [-0.2, -0.15) is 0 Å². The van der Waals surface area contributed by atoms with Crippen molar-refractivity contribution in [2.24, 2.45) is 5.73 Å². The molecule has 0 spiro atoms. The van der Waals surface area contributed by atoms with Crippen LogP contribution in [0.3, 0.4) is 0 Å². The number of nitrogens with two attached hydrogens (primary N) is 1. The van der Waals surface area contributed by atoms with Gasteiger partial charge in [0.25, 0.3) is 8.53 Å². The van der Waals surface area contributed by atoms with Gasteiger partial charge in [-0.1, -0.05) is 12.8 Å². The second kappa shape index (κ2) is 13.4. The lowest BCUT2D eigenvalue weighted by molar-refractivity contribution is 0.176. The van der Waals surface area contributed by atoms with Crippen LogP contribution in [0.1, 0.15) is 53.4 Å². The van der Waals surface area contributed by atoms with Gasteiger partial charge in [-0.25, -0.2) is 11.2 Å². The number of hydrogen-bond acceptors (Lipinski definition) is 4. The molecule has 0 aliphatic carbocycles. The van der Waals surface area contributed by atoms with Gasteiger partial charge in [0.05, 0.1) is 6.61 Å². The van der Waals surface area contributed by atoms with Crippen molar-refractivity contribution in [2.75, 3.05) is 26.3 Å². The maximum absolute atomic E-state index is 6.84. The Bertz CT molecular complexity index is 275. The zero-order chi connectivity index (χ0) is 16.1. The van der Waals surface area contributed by atoms with Crippen molar-refractivity contribution >= 4 is 8.53 Å². The summed E-state index contributed by atoms with van der Waals surface area (Å²) in [5, 5.41) is 0. The quantitative estimate of drug-likeness (QED) is 0.319. The molecule has 0 fully saturated rings. The van der Waals surface area contributed by atoms with E-state index in [0.717, 1.165) is 32.2 Å². The summed E-state index contributed by atoms with van der Waals surface area (Å²) >= 11 is 0. The van der Waals surface area contributed by atoms with Crippen LogP contribution in [0, 0.1) is 6.57 Å². The van der Waals surface area contributed by atoms with E-state index in [2.05, 4.69) is 37.2 Å². The van der Waals surface area contributed by atoms with Crippen molar-refractivity contribution in [3.8, 4) is 0 Å². The average Bonchev–Trinajstić information content (AvgIpc) is 2.41. The molecule has 0 radical (unpaired) electrons. The molecule has 0 amide bonds. The van der Waals surface area contributed by atoms with Gasteiger partial charge in [0, 0.05) is 12.1 Å². The standard InChI is InChI=1S/C15H32N3O2P/c1-14(2)18(15(3)4)21(20-13-11-17-5)19-12-9-7-6-8-10-16/h14-15H,6-13,16H2,1-4H3. The molecule has 5 nitrogen and oxygen atoms in total. The molecule has 0 aromatic rings. The van der Waals surface area contributed by atoms with Crippen molar-refractivity contribution in [1.82, 2.24) is 4.67 Å². The van der Waals surface area contributed by atoms with E-state index in [-0.39, 0.29) is 0 Å². The molecule has 124 valence electrons. The van der Waals surface area contributed by atoms with E-state index < -0.39 is 8.53 Å². The fourth-order valence-electron chi connectivity index (χ4n) is 2.05. The summed E-state index contributed by atoms with van der Waals surface area (Å²) in [6, 6.07) is 0.725. The van der Waals surface area contributed by atoms with Crippen molar-refractivity contribution in [3.05, 3.63) is 11.4 Å². The van der Waals surface area contributed by atoms with Crippen LogP contribution >= 0.6 is 8.53 Å². The van der Waals surface area contributed by atoms with E-state index in [0.29, 0.717) is 31.8 Å². The van der Waals surface area contributed by atoms with Gasteiger partial charge in [0.1, 0.15) is 6.61 Å². The first-order valence-corrected chi connectivity index (χ1v) is 9.05. The molecule has 0 aromatic carbocycles. The molecular formula is C15H32N3O2P. The summed E-state index contributed by atoms with van der Waals surface area (Å²) in [4.78, 5) is 3.34. The van der Waals surface area contributed by atoms with Crippen LogP contribution in [-0.2, 0) is 9.05 Å². The Labute approximate surface area is 132 Å². The zero-order valence-corrected chi connectivity index (χ0v) is 14.9. The van der Waals surface area contributed by atoms with Gasteiger partial charge in [0.2, 0.25) is 6.54 Å². The first kappa shape index (κ1) is 20.8. The Morgan fingerprint density at radius 2 is 1.57 bits per heavy atom.